The van der Waals surface area contributed by atoms with Crippen molar-refractivity contribution < 1.29 is 4.84 Å². The molecule has 0 unspecified atom stereocenters. The van der Waals surface area contributed by atoms with E-state index in [1.165, 1.54) is 0 Å². The van der Waals surface area contributed by atoms with Crippen LogP contribution < -0.4 is 0 Å². The van der Waals surface area contributed by atoms with E-state index in [9.17, 15) is 0 Å². The third-order valence-corrected chi connectivity index (χ3v) is 1.38. The number of hydrogen-bond donors (Lipinski definition) is 0. The molecule has 0 aromatic rings. The van der Waals surface area contributed by atoms with Gasteiger partial charge in [-0.3, -0.25) is 0 Å². The lowest BCUT2D eigenvalue weighted by Crippen LogP contribution is -2.14. The van der Waals surface area contributed by atoms with Crippen LogP contribution in [-0.2, 0) is 4.84 Å². The van der Waals surface area contributed by atoms with Crippen molar-refractivity contribution in [3.63, 3.8) is 0 Å². The topological polar surface area (TPSA) is 21.6 Å². The van der Waals surface area contributed by atoms with Gasteiger partial charge < -0.3 is 4.84 Å². The molecule has 0 aliphatic heterocycles. The van der Waals surface area contributed by atoms with Gasteiger partial charge in [0.1, 0.15) is 7.11 Å². The normalized spacial score (nSPS) is 10.3. The quantitative estimate of drug-likeness (QED) is 0.439. The van der Waals surface area contributed by atoms with Gasteiger partial charge in [-0.1, -0.05) is 32.9 Å². The van der Waals surface area contributed by atoms with Crippen LogP contribution in [0.4, 0.5) is 0 Å². The fraction of sp³-hybridized carbons (Fsp3) is 0.875. The molecule has 2 nitrogen and oxygen atoms in total. The number of nitrogens with zero attached hydrogens (tertiary/aromatic N) is 1. The molecule has 0 aliphatic carbocycles. The Balaban J connectivity index is 4.12. The first kappa shape index (κ1) is 9.47. The average Bonchev–Trinajstić information content (AvgIpc) is 1.81. The molecule has 0 spiro atoms. The molecule has 0 aliphatic rings. The third-order valence-electron chi connectivity index (χ3n) is 1.38. The van der Waals surface area contributed by atoms with Crippen LogP contribution in [0, 0.1) is 11.8 Å². The first-order chi connectivity index (χ1) is 4.59. The monoisotopic (exact) mass is 143 g/mol. The highest BCUT2D eigenvalue weighted by Gasteiger charge is 2.09. The van der Waals surface area contributed by atoms with Gasteiger partial charge in [0.15, 0.2) is 0 Å². The molecule has 0 fully saturated rings. The Morgan fingerprint density at radius 2 is 1.50 bits per heavy atom. The Bertz CT molecular complexity index is 106. The van der Waals surface area contributed by atoms with E-state index in [0.29, 0.717) is 11.8 Å². The van der Waals surface area contributed by atoms with E-state index in [2.05, 4.69) is 32.9 Å². The molecule has 10 heavy (non-hydrogen) atoms. The summed E-state index contributed by atoms with van der Waals surface area (Å²) in [5, 5.41) is 3.94. The standard InChI is InChI=1S/C8H17NO/c1-6(2)8(7(3)4)9-10-5/h6-7H,1-5H3. The zero-order chi connectivity index (χ0) is 8.15. The maximum atomic E-state index is 4.71. The van der Waals surface area contributed by atoms with Gasteiger partial charge in [-0.2, -0.15) is 0 Å². The summed E-state index contributed by atoms with van der Waals surface area (Å²) < 4.78 is 0. The summed E-state index contributed by atoms with van der Waals surface area (Å²) in [6.07, 6.45) is 0. The molecular formula is C8H17NO. The number of hydrogen-bond acceptors (Lipinski definition) is 2. The summed E-state index contributed by atoms with van der Waals surface area (Å²) in [6, 6.07) is 0. The zero-order valence-corrected chi connectivity index (χ0v) is 7.51. The lowest BCUT2D eigenvalue weighted by atomic mass is 9.98. The predicted octanol–water partition coefficient (Wildman–Crippen LogP) is 2.30. The maximum absolute atomic E-state index is 4.71. The van der Waals surface area contributed by atoms with Crippen molar-refractivity contribution in [2.75, 3.05) is 7.11 Å². The fourth-order valence-corrected chi connectivity index (χ4v) is 0.983. The first-order valence-electron chi connectivity index (χ1n) is 3.70. The second-order valence-electron chi connectivity index (χ2n) is 3.01. The molecule has 0 radical (unpaired) electrons. The molecule has 0 saturated carbocycles. The zero-order valence-electron chi connectivity index (χ0n) is 7.51. The molecule has 0 atom stereocenters. The Morgan fingerprint density at radius 3 is 1.60 bits per heavy atom. The Hall–Kier alpha value is -0.530. The molecule has 0 bridgehead atoms. The molecular weight excluding hydrogens is 126 g/mol. The van der Waals surface area contributed by atoms with Gasteiger partial charge in [-0.25, -0.2) is 0 Å². The van der Waals surface area contributed by atoms with E-state index < -0.39 is 0 Å². The van der Waals surface area contributed by atoms with Crippen molar-refractivity contribution in [3.8, 4) is 0 Å². The van der Waals surface area contributed by atoms with E-state index in [4.69, 9.17) is 4.84 Å². The summed E-state index contributed by atoms with van der Waals surface area (Å²) in [5.74, 6) is 0.972. The second-order valence-corrected chi connectivity index (χ2v) is 3.01. The summed E-state index contributed by atoms with van der Waals surface area (Å²) >= 11 is 0. The lowest BCUT2D eigenvalue weighted by Gasteiger charge is -2.11. The Kier molecular flexibility index (Phi) is 4.08. The largest absolute Gasteiger partial charge is 0.399 e. The minimum Gasteiger partial charge on any atom is -0.399 e. The minimum atomic E-state index is 0.486. The van der Waals surface area contributed by atoms with Gasteiger partial charge in [0.05, 0.1) is 5.71 Å². The highest BCUT2D eigenvalue weighted by Crippen LogP contribution is 2.07. The van der Waals surface area contributed by atoms with E-state index in [1.807, 2.05) is 0 Å². The molecule has 0 heterocycles. The average molecular weight is 143 g/mol. The summed E-state index contributed by atoms with van der Waals surface area (Å²) in [6.45, 7) is 8.49. The van der Waals surface area contributed by atoms with Crippen LogP contribution in [0.1, 0.15) is 27.7 Å². The SMILES string of the molecule is CON=C(C(C)C)C(C)C. The molecule has 2 heteroatoms. The van der Waals surface area contributed by atoms with Gasteiger partial charge in [-0.05, 0) is 11.8 Å². The van der Waals surface area contributed by atoms with Crippen LogP contribution in [0.15, 0.2) is 5.16 Å². The van der Waals surface area contributed by atoms with E-state index in [0.717, 1.165) is 5.71 Å². The molecule has 0 rings (SSSR count). The fourth-order valence-electron chi connectivity index (χ4n) is 0.983. The van der Waals surface area contributed by atoms with Crippen molar-refractivity contribution >= 4 is 5.71 Å². The smallest absolute Gasteiger partial charge is 0.106 e. The van der Waals surface area contributed by atoms with Crippen molar-refractivity contribution in [2.45, 2.75) is 27.7 Å². The minimum absolute atomic E-state index is 0.486. The van der Waals surface area contributed by atoms with Gasteiger partial charge in [-0.15, -0.1) is 0 Å². The highest BCUT2D eigenvalue weighted by molar-refractivity contribution is 5.87. The van der Waals surface area contributed by atoms with Crippen LogP contribution in [-0.4, -0.2) is 12.8 Å². The van der Waals surface area contributed by atoms with Crippen LogP contribution >= 0.6 is 0 Å². The van der Waals surface area contributed by atoms with Gasteiger partial charge >= 0.3 is 0 Å². The van der Waals surface area contributed by atoms with E-state index in [1.54, 1.807) is 7.11 Å². The summed E-state index contributed by atoms with van der Waals surface area (Å²) in [7, 11) is 1.59. The molecule has 0 saturated heterocycles. The van der Waals surface area contributed by atoms with Crippen LogP contribution in [0.3, 0.4) is 0 Å². The molecule has 0 amide bonds. The highest BCUT2D eigenvalue weighted by atomic mass is 16.6. The number of oxime groups is 1. The molecule has 0 N–H and O–H groups in total. The van der Waals surface area contributed by atoms with Crippen LogP contribution in [0.25, 0.3) is 0 Å². The Morgan fingerprint density at radius 1 is 1.10 bits per heavy atom. The Labute approximate surface area is 63.3 Å². The van der Waals surface area contributed by atoms with Crippen molar-refractivity contribution in [3.05, 3.63) is 0 Å². The van der Waals surface area contributed by atoms with E-state index >= 15 is 0 Å². The van der Waals surface area contributed by atoms with Crippen molar-refractivity contribution in [1.29, 1.82) is 0 Å². The van der Waals surface area contributed by atoms with Crippen LogP contribution in [0.2, 0.25) is 0 Å². The second kappa shape index (κ2) is 4.31. The summed E-state index contributed by atoms with van der Waals surface area (Å²) in [5.41, 5.74) is 1.13. The lowest BCUT2D eigenvalue weighted by molar-refractivity contribution is 0.209. The van der Waals surface area contributed by atoms with E-state index in [-0.39, 0.29) is 0 Å². The first-order valence-corrected chi connectivity index (χ1v) is 3.70. The third kappa shape index (κ3) is 2.85. The number of rotatable bonds is 3. The van der Waals surface area contributed by atoms with Gasteiger partial charge in [0.2, 0.25) is 0 Å². The molecule has 60 valence electrons. The van der Waals surface area contributed by atoms with Crippen molar-refractivity contribution in [1.82, 2.24) is 0 Å². The van der Waals surface area contributed by atoms with Gasteiger partial charge in [0, 0.05) is 0 Å². The summed E-state index contributed by atoms with van der Waals surface area (Å²) in [4.78, 5) is 4.71. The molecule has 0 aromatic heterocycles. The molecule has 0 aromatic carbocycles. The van der Waals surface area contributed by atoms with Crippen molar-refractivity contribution in [2.24, 2.45) is 17.0 Å². The maximum Gasteiger partial charge on any atom is 0.106 e. The predicted molar refractivity (Wildman–Crippen MR) is 44.1 cm³/mol. The van der Waals surface area contributed by atoms with Crippen LogP contribution in [0.5, 0.6) is 0 Å². The van der Waals surface area contributed by atoms with Gasteiger partial charge in [0.25, 0.3) is 0 Å².